The molecule has 66 valence electrons. The van der Waals surface area contributed by atoms with Gasteiger partial charge in [0, 0.05) is 11.7 Å². The molecule has 0 radical (unpaired) electrons. The monoisotopic (exact) mass is 167 g/mol. The molecule has 0 amide bonds. The maximum atomic E-state index is 12.7. The van der Waals surface area contributed by atoms with Gasteiger partial charge in [-0.1, -0.05) is 13.0 Å². The van der Waals surface area contributed by atoms with Crippen molar-refractivity contribution in [1.82, 2.24) is 0 Å². The summed E-state index contributed by atoms with van der Waals surface area (Å²) in [5.41, 5.74) is 0.851. The van der Waals surface area contributed by atoms with E-state index in [1.165, 1.54) is 12.1 Å². The topological polar surface area (TPSA) is 12.0 Å². The molecule has 1 N–H and O–H groups in total. The van der Waals surface area contributed by atoms with E-state index in [1.807, 2.05) is 6.07 Å². The molecule has 0 unspecified atom stereocenters. The lowest BCUT2D eigenvalue weighted by Gasteiger charge is -2.12. The molecule has 0 bridgehead atoms. The Hall–Kier alpha value is -1.05. The first-order valence-electron chi connectivity index (χ1n) is 4.24. The van der Waals surface area contributed by atoms with Gasteiger partial charge < -0.3 is 5.32 Å². The average molecular weight is 167 g/mol. The highest BCUT2D eigenvalue weighted by Gasteiger charge is 1.98. The van der Waals surface area contributed by atoms with Crippen molar-refractivity contribution < 1.29 is 4.39 Å². The normalized spacial score (nSPS) is 12.6. The maximum Gasteiger partial charge on any atom is 0.125 e. The van der Waals surface area contributed by atoms with Crippen LogP contribution in [0, 0.1) is 5.82 Å². The Kier molecular flexibility index (Phi) is 3.09. The minimum Gasteiger partial charge on any atom is -0.383 e. The Labute approximate surface area is 72.6 Å². The third kappa shape index (κ3) is 2.53. The van der Waals surface area contributed by atoms with Gasteiger partial charge in [0.1, 0.15) is 5.82 Å². The van der Waals surface area contributed by atoms with Crippen LogP contribution < -0.4 is 5.32 Å². The first-order valence-corrected chi connectivity index (χ1v) is 4.24. The van der Waals surface area contributed by atoms with Crippen LogP contribution >= 0.6 is 0 Å². The second kappa shape index (κ2) is 4.10. The molecule has 1 rings (SSSR count). The Balaban J connectivity index is 2.63. The number of benzene rings is 1. The van der Waals surface area contributed by atoms with Crippen LogP contribution in [0.4, 0.5) is 10.1 Å². The second-order valence-electron chi connectivity index (χ2n) is 2.96. The minimum absolute atomic E-state index is 0.191. The van der Waals surface area contributed by atoms with Gasteiger partial charge in [-0.25, -0.2) is 4.39 Å². The van der Waals surface area contributed by atoms with Crippen molar-refractivity contribution in [2.45, 2.75) is 26.3 Å². The van der Waals surface area contributed by atoms with Gasteiger partial charge in [-0.15, -0.1) is 0 Å². The van der Waals surface area contributed by atoms with E-state index in [0.29, 0.717) is 6.04 Å². The summed E-state index contributed by atoms with van der Waals surface area (Å²) in [7, 11) is 0. The zero-order chi connectivity index (χ0) is 8.97. The molecule has 0 saturated carbocycles. The average Bonchev–Trinajstić information content (AvgIpc) is 2.04. The van der Waals surface area contributed by atoms with Crippen molar-refractivity contribution >= 4 is 5.69 Å². The molecule has 12 heavy (non-hydrogen) atoms. The molecule has 0 aliphatic rings. The summed E-state index contributed by atoms with van der Waals surface area (Å²) in [4.78, 5) is 0. The molecule has 0 saturated heterocycles. The molecule has 0 aliphatic heterocycles. The Bertz CT molecular complexity index is 247. The van der Waals surface area contributed by atoms with Gasteiger partial charge >= 0.3 is 0 Å². The zero-order valence-corrected chi connectivity index (χ0v) is 7.47. The molecule has 0 heterocycles. The van der Waals surface area contributed by atoms with Crippen molar-refractivity contribution in [2.24, 2.45) is 0 Å². The van der Waals surface area contributed by atoms with Crippen LogP contribution in [-0.4, -0.2) is 6.04 Å². The van der Waals surface area contributed by atoms with Gasteiger partial charge in [0.25, 0.3) is 0 Å². The molecule has 1 atom stereocenters. The van der Waals surface area contributed by atoms with Crippen LogP contribution in [0.1, 0.15) is 20.3 Å². The fraction of sp³-hybridized carbons (Fsp3) is 0.400. The van der Waals surface area contributed by atoms with Gasteiger partial charge in [0.15, 0.2) is 0 Å². The molecular formula is C10H14FN. The molecule has 1 aromatic carbocycles. The highest BCUT2D eigenvalue weighted by molar-refractivity contribution is 5.43. The van der Waals surface area contributed by atoms with Gasteiger partial charge in [0.05, 0.1) is 0 Å². The van der Waals surface area contributed by atoms with Gasteiger partial charge in [-0.05, 0) is 31.5 Å². The van der Waals surface area contributed by atoms with Crippen LogP contribution in [0.2, 0.25) is 0 Å². The number of rotatable bonds is 3. The summed E-state index contributed by atoms with van der Waals surface area (Å²) in [6, 6.07) is 6.93. The van der Waals surface area contributed by atoms with Gasteiger partial charge in [-0.2, -0.15) is 0 Å². The van der Waals surface area contributed by atoms with Crippen molar-refractivity contribution in [3.05, 3.63) is 30.1 Å². The van der Waals surface area contributed by atoms with Crippen molar-refractivity contribution in [2.75, 3.05) is 5.32 Å². The minimum atomic E-state index is -0.191. The van der Waals surface area contributed by atoms with Crippen LogP contribution in [0.15, 0.2) is 24.3 Å². The summed E-state index contributed by atoms with van der Waals surface area (Å²) in [5, 5.41) is 3.19. The smallest absolute Gasteiger partial charge is 0.125 e. The Morgan fingerprint density at radius 3 is 2.83 bits per heavy atom. The molecule has 1 aromatic rings. The largest absolute Gasteiger partial charge is 0.383 e. The number of hydrogen-bond donors (Lipinski definition) is 1. The van der Waals surface area contributed by atoms with E-state index in [9.17, 15) is 4.39 Å². The van der Waals surface area contributed by atoms with E-state index < -0.39 is 0 Å². The lowest BCUT2D eigenvalue weighted by Crippen LogP contribution is -2.13. The Morgan fingerprint density at radius 2 is 2.25 bits per heavy atom. The molecular weight excluding hydrogens is 153 g/mol. The van der Waals surface area contributed by atoms with Gasteiger partial charge in [-0.3, -0.25) is 0 Å². The number of nitrogens with one attached hydrogen (secondary N) is 1. The molecule has 0 spiro atoms. The van der Waals surface area contributed by atoms with E-state index >= 15 is 0 Å². The van der Waals surface area contributed by atoms with E-state index in [0.717, 1.165) is 12.1 Å². The summed E-state index contributed by atoms with van der Waals surface area (Å²) >= 11 is 0. The summed E-state index contributed by atoms with van der Waals surface area (Å²) < 4.78 is 12.7. The second-order valence-corrected chi connectivity index (χ2v) is 2.96. The lowest BCUT2D eigenvalue weighted by atomic mass is 10.2. The van der Waals surface area contributed by atoms with E-state index in [-0.39, 0.29) is 5.82 Å². The van der Waals surface area contributed by atoms with Crippen LogP contribution in [-0.2, 0) is 0 Å². The van der Waals surface area contributed by atoms with Crippen LogP contribution in [0.5, 0.6) is 0 Å². The van der Waals surface area contributed by atoms with Crippen molar-refractivity contribution in [1.29, 1.82) is 0 Å². The Morgan fingerprint density at radius 1 is 1.50 bits per heavy atom. The third-order valence-corrected chi connectivity index (χ3v) is 1.85. The van der Waals surface area contributed by atoms with E-state index in [4.69, 9.17) is 0 Å². The predicted octanol–water partition coefficient (Wildman–Crippen LogP) is 3.04. The fourth-order valence-corrected chi connectivity index (χ4v) is 0.965. The fourth-order valence-electron chi connectivity index (χ4n) is 0.965. The predicted molar refractivity (Wildman–Crippen MR) is 49.8 cm³/mol. The molecule has 1 nitrogen and oxygen atoms in total. The summed E-state index contributed by atoms with van der Waals surface area (Å²) in [5.74, 6) is -0.191. The zero-order valence-electron chi connectivity index (χ0n) is 7.47. The van der Waals surface area contributed by atoms with E-state index in [1.54, 1.807) is 6.07 Å². The first-order chi connectivity index (χ1) is 5.72. The van der Waals surface area contributed by atoms with Gasteiger partial charge in [0.2, 0.25) is 0 Å². The van der Waals surface area contributed by atoms with Crippen LogP contribution in [0.25, 0.3) is 0 Å². The lowest BCUT2D eigenvalue weighted by molar-refractivity contribution is 0.627. The van der Waals surface area contributed by atoms with Crippen molar-refractivity contribution in [3.8, 4) is 0 Å². The van der Waals surface area contributed by atoms with Crippen molar-refractivity contribution in [3.63, 3.8) is 0 Å². The maximum absolute atomic E-state index is 12.7. The highest BCUT2D eigenvalue weighted by Crippen LogP contribution is 2.10. The van der Waals surface area contributed by atoms with E-state index in [2.05, 4.69) is 19.2 Å². The molecule has 2 heteroatoms. The number of anilines is 1. The van der Waals surface area contributed by atoms with Crippen LogP contribution in [0.3, 0.4) is 0 Å². The molecule has 0 aromatic heterocycles. The first kappa shape index (κ1) is 9.04. The molecule has 0 aliphatic carbocycles. The third-order valence-electron chi connectivity index (χ3n) is 1.85. The standard InChI is InChI=1S/C10H14FN/c1-3-8(2)12-10-6-4-5-9(11)7-10/h4-8,12H,3H2,1-2H3/t8-/m1/s1. The summed E-state index contributed by atoms with van der Waals surface area (Å²) in [6.07, 6.45) is 1.04. The number of hydrogen-bond acceptors (Lipinski definition) is 1. The molecule has 0 fully saturated rings. The highest BCUT2D eigenvalue weighted by atomic mass is 19.1. The SMILES string of the molecule is CC[C@@H](C)Nc1cccc(F)c1. The summed E-state index contributed by atoms with van der Waals surface area (Å²) in [6.45, 7) is 4.17. The number of halogens is 1. The quantitative estimate of drug-likeness (QED) is 0.729.